The second-order valence-corrected chi connectivity index (χ2v) is 8.24. The van der Waals surface area contributed by atoms with Crippen LogP contribution in [0.1, 0.15) is 81.3 Å². The van der Waals surface area contributed by atoms with E-state index in [0.717, 1.165) is 23.8 Å². The summed E-state index contributed by atoms with van der Waals surface area (Å²) in [5, 5.41) is 4.41. The van der Waals surface area contributed by atoms with Gasteiger partial charge in [0.1, 0.15) is 0 Å². The Bertz CT molecular complexity index is 751. The summed E-state index contributed by atoms with van der Waals surface area (Å²) in [5.74, 6) is 0. The normalized spacial score (nSPS) is 23.6. The zero-order chi connectivity index (χ0) is 18.6. The van der Waals surface area contributed by atoms with Crippen molar-refractivity contribution in [3.8, 4) is 0 Å². The number of aromatic nitrogens is 2. The van der Waals surface area contributed by atoms with Gasteiger partial charge in [-0.3, -0.25) is 4.98 Å². The fraction of sp³-hybridized carbons (Fsp3) is 0.545. The number of unbranched alkanes of at least 4 members (excludes halogenated alkanes) is 1. The summed E-state index contributed by atoms with van der Waals surface area (Å²) in [4.78, 5) is 7.00. The van der Waals surface area contributed by atoms with Crippen molar-refractivity contribution in [3.63, 3.8) is 0 Å². The van der Waals surface area contributed by atoms with Crippen LogP contribution < -0.4 is 5.32 Å². The SMILES string of the molecule is CCCCN1C(=S)NC(c2ccccn2)C1c1ccn(C2CCCCC2)c1. The summed E-state index contributed by atoms with van der Waals surface area (Å²) < 4.78 is 2.45. The minimum absolute atomic E-state index is 0.109. The number of nitrogens with one attached hydrogen (secondary N) is 1. The fourth-order valence-electron chi connectivity index (χ4n) is 4.55. The lowest BCUT2D eigenvalue weighted by Gasteiger charge is -2.27. The van der Waals surface area contributed by atoms with E-state index in [1.165, 1.54) is 44.1 Å². The van der Waals surface area contributed by atoms with Gasteiger partial charge in [0.2, 0.25) is 0 Å². The third kappa shape index (κ3) is 3.88. The van der Waals surface area contributed by atoms with Crippen LogP contribution in [0.2, 0.25) is 0 Å². The van der Waals surface area contributed by atoms with Crippen molar-refractivity contribution in [1.29, 1.82) is 0 Å². The van der Waals surface area contributed by atoms with Gasteiger partial charge in [0, 0.05) is 31.2 Å². The smallest absolute Gasteiger partial charge is 0.170 e. The van der Waals surface area contributed by atoms with Crippen molar-refractivity contribution in [2.45, 2.75) is 70.0 Å². The minimum atomic E-state index is 0.109. The number of hydrogen-bond donors (Lipinski definition) is 1. The van der Waals surface area contributed by atoms with Crippen LogP contribution in [0.5, 0.6) is 0 Å². The molecule has 1 saturated heterocycles. The molecule has 0 spiro atoms. The van der Waals surface area contributed by atoms with Crippen LogP contribution in [0.4, 0.5) is 0 Å². The molecule has 2 unspecified atom stereocenters. The van der Waals surface area contributed by atoms with Gasteiger partial charge in [0.05, 0.1) is 17.8 Å². The van der Waals surface area contributed by atoms with E-state index in [9.17, 15) is 0 Å². The largest absolute Gasteiger partial charge is 0.352 e. The average Bonchev–Trinajstić information content (AvgIpc) is 3.32. The van der Waals surface area contributed by atoms with Crippen LogP contribution in [-0.2, 0) is 0 Å². The van der Waals surface area contributed by atoms with Crippen LogP contribution in [0, 0.1) is 0 Å². The zero-order valence-electron chi connectivity index (χ0n) is 16.2. The molecule has 2 aromatic rings. The minimum Gasteiger partial charge on any atom is -0.352 e. The Hall–Kier alpha value is -1.88. The molecule has 4 nitrogen and oxygen atoms in total. The molecule has 1 aliphatic carbocycles. The average molecular weight is 383 g/mol. The van der Waals surface area contributed by atoms with Gasteiger partial charge in [-0.05, 0) is 55.2 Å². The second-order valence-electron chi connectivity index (χ2n) is 7.86. The highest BCUT2D eigenvalue weighted by Crippen LogP contribution is 2.39. The molecule has 1 saturated carbocycles. The molecule has 0 radical (unpaired) electrons. The maximum Gasteiger partial charge on any atom is 0.170 e. The Morgan fingerprint density at radius 3 is 2.78 bits per heavy atom. The van der Waals surface area contributed by atoms with Gasteiger partial charge >= 0.3 is 0 Å². The van der Waals surface area contributed by atoms with Gasteiger partial charge in [-0.15, -0.1) is 0 Å². The van der Waals surface area contributed by atoms with E-state index >= 15 is 0 Å². The standard InChI is InChI=1S/C22H30N4S/c1-2-3-14-26-21(20(24-22(26)27)19-11-7-8-13-23-19)17-12-15-25(16-17)18-9-5-4-6-10-18/h7-8,11-13,15-16,18,20-21H,2-6,9-10,14H2,1H3,(H,24,27). The maximum atomic E-state index is 5.72. The Morgan fingerprint density at radius 1 is 1.19 bits per heavy atom. The molecule has 5 heteroatoms. The van der Waals surface area contributed by atoms with E-state index in [2.05, 4.69) is 57.3 Å². The number of rotatable bonds is 6. The lowest BCUT2D eigenvalue weighted by Crippen LogP contribution is -2.30. The van der Waals surface area contributed by atoms with Gasteiger partial charge < -0.3 is 14.8 Å². The molecule has 0 bridgehead atoms. The Balaban J connectivity index is 1.64. The number of nitrogens with zero attached hydrogens (tertiary/aromatic N) is 3. The molecule has 0 amide bonds. The lowest BCUT2D eigenvalue weighted by molar-refractivity contribution is 0.310. The highest BCUT2D eigenvalue weighted by atomic mass is 32.1. The number of pyridine rings is 1. The van der Waals surface area contributed by atoms with Crippen LogP contribution in [-0.4, -0.2) is 26.1 Å². The quantitative estimate of drug-likeness (QED) is 0.700. The molecule has 2 atom stereocenters. The van der Waals surface area contributed by atoms with Gasteiger partial charge in [-0.1, -0.05) is 38.7 Å². The molecule has 2 fully saturated rings. The molecule has 0 aromatic carbocycles. The van der Waals surface area contributed by atoms with E-state index in [0.29, 0.717) is 6.04 Å². The molecule has 2 aliphatic rings. The highest BCUT2D eigenvalue weighted by molar-refractivity contribution is 7.80. The summed E-state index contributed by atoms with van der Waals surface area (Å²) in [6.07, 6.45) is 15.5. The number of hydrogen-bond acceptors (Lipinski definition) is 2. The van der Waals surface area contributed by atoms with Gasteiger partial charge in [-0.2, -0.15) is 0 Å². The van der Waals surface area contributed by atoms with Crippen molar-refractivity contribution in [1.82, 2.24) is 19.8 Å². The monoisotopic (exact) mass is 382 g/mol. The molecular weight excluding hydrogens is 352 g/mol. The first-order valence-electron chi connectivity index (χ1n) is 10.4. The Morgan fingerprint density at radius 2 is 2.04 bits per heavy atom. The molecule has 144 valence electrons. The second kappa shape index (κ2) is 8.42. The molecule has 1 aliphatic heterocycles. The van der Waals surface area contributed by atoms with Crippen molar-refractivity contribution in [3.05, 3.63) is 54.1 Å². The number of thiocarbonyl (C=S) groups is 1. The predicted octanol–water partition coefficient (Wildman–Crippen LogP) is 5.16. The molecule has 2 aromatic heterocycles. The van der Waals surface area contributed by atoms with Crippen molar-refractivity contribution < 1.29 is 0 Å². The maximum absolute atomic E-state index is 5.72. The summed E-state index contributed by atoms with van der Waals surface area (Å²) in [6.45, 7) is 3.22. The van der Waals surface area contributed by atoms with E-state index < -0.39 is 0 Å². The van der Waals surface area contributed by atoms with E-state index in [1.54, 1.807) is 0 Å². The lowest BCUT2D eigenvalue weighted by atomic mass is 9.95. The first kappa shape index (κ1) is 18.5. The van der Waals surface area contributed by atoms with Crippen LogP contribution in [0.25, 0.3) is 0 Å². The summed E-state index contributed by atoms with van der Waals surface area (Å²) in [5.41, 5.74) is 2.41. The highest BCUT2D eigenvalue weighted by Gasteiger charge is 2.39. The third-order valence-electron chi connectivity index (χ3n) is 6.03. The van der Waals surface area contributed by atoms with E-state index in [4.69, 9.17) is 12.2 Å². The molecule has 27 heavy (non-hydrogen) atoms. The van der Waals surface area contributed by atoms with Gasteiger partial charge in [-0.25, -0.2) is 0 Å². The van der Waals surface area contributed by atoms with Crippen molar-refractivity contribution in [2.75, 3.05) is 6.54 Å². The van der Waals surface area contributed by atoms with Gasteiger partial charge in [0.15, 0.2) is 5.11 Å². The summed E-state index contributed by atoms with van der Waals surface area (Å²) >= 11 is 5.72. The van der Waals surface area contributed by atoms with Crippen LogP contribution in [0.15, 0.2) is 42.9 Å². The summed E-state index contributed by atoms with van der Waals surface area (Å²) in [6, 6.07) is 9.41. The fourth-order valence-corrected chi connectivity index (χ4v) is 4.88. The van der Waals surface area contributed by atoms with Gasteiger partial charge in [0.25, 0.3) is 0 Å². The van der Waals surface area contributed by atoms with E-state index in [1.807, 2.05) is 12.3 Å². The molecule has 3 heterocycles. The first-order valence-corrected chi connectivity index (χ1v) is 10.8. The predicted molar refractivity (Wildman–Crippen MR) is 114 cm³/mol. The topological polar surface area (TPSA) is 33.1 Å². The third-order valence-corrected chi connectivity index (χ3v) is 6.38. The van der Waals surface area contributed by atoms with Crippen molar-refractivity contribution in [2.24, 2.45) is 0 Å². The Labute approximate surface area is 168 Å². The first-order chi connectivity index (χ1) is 13.3. The van der Waals surface area contributed by atoms with E-state index in [-0.39, 0.29) is 12.1 Å². The van der Waals surface area contributed by atoms with Crippen LogP contribution >= 0.6 is 12.2 Å². The van der Waals surface area contributed by atoms with Crippen LogP contribution in [0.3, 0.4) is 0 Å². The molecule has 1 N–H and O–H groups in total. The Kier molecular flexibility index (Phi) is 5.77. The zero-order valence-corrected chi connectivity index (χ0v) is 17.0. The molecular formula is C22H30N4S. The summed E-state index contributed by atoms with van der Waals surface area (Å²) in [7, 11) is 0. The molecule has 4 rings (SSSR count). The van der Waals surface area contributed by atoms with Crippen molar-refractivity contribution >= 4 is 17.3 Å².